The van der Waals surface area contributed by atoms with Crippen molar-refractivity contribution in [1.29, 1.82) is 0 Å². The number of amides is 1. The number of aromatic hydroxyl groups is 1. The molecular formula is C28H33ClN4O7. The Morgan fingerprint density at radius 2 is 1.82 bits per heavy atom. The number of Topliss-reactive ketones (excluding diaryl/α,β-unsaturated/α-hetero) is 2. The Labute approximate surface area is 236 Å². The lowest BCUT2D eigenvalue weighted by Crippen LogP contribution is -2.62. The first-order chi connectivity index (χ1) is 18.8. The van der Waals surface area contributed by atoms with Crippen molar-refractivity contribution >= 4 is 29.1 Å². The fourth-order valence-corrected chi connectivity index (χ4v) is 7.66. The normalized spacial score (nSPS) is 32.3. The molecule has 5 N–H and O–H groups in total. The van der Waals surface area contributed by atoms with E-state index in [9.17, 15) is 34.6 Å². The van der Waals surface area contributed by atoms with Crippen molar-refractivity contribution in [2.75, 3.05) is 14.1 Å². The van der Waals surface area contributed by atoms with Gasteiger partial charge in [-0.1, -0.05) is 11.6 Å². The number of ketones is 2. The van der Waals surface area contributed by atoms with Gasteiger partial charge in [-0.25, -0.2) is 0 Å². The SMILES string of the molecule is CC1CCC(C)N1Cc1cc(O)c2c(c1Cl)C[C@H]1C[C@H]3[C@H](N(C)C)C(O)=C(C(N)=O)C(=O)[C@@]3(N=O)C(O)=C1C2=O. The number of hydrogen-bond donors (Lipinski definition) is 4. The molecule has 1 fully saturated rings. The van der Waals surface area contributed by atoms with Crippen molar-refractivity contribution in [3.63, 3.8) is 0 Å². The largest absolute Gasteiger partial charge is 0.510 e. The third kappa shape index (κ3) is 3.74. The summed E-state index contributed by atoms with van der Waals surface area (Å²) in [6, 6.07) is 1.04. The summed E-state index contributed by atoms with van der Waals surface area (Å²) in [5, 5.41) is 36.8. The number of nitroso groups, excluding NO2 is 1. The molecule has 0 spiro atoms. The Kier molecular flexibility index (Phi) is 6.83. The van der Waals surface area contributed by atoms with Gasteiger partial charge in [-0.15, -0.1) is 4.91 Å². The first-order valence-electron chi connectivity index (χ1n) is 13.3. The predicted octanol–water partition coefficient (Wildman–Crippen LogP) is 2.92. The smallest absolute Gasteiger partial charge is 0.255 e. The number of aliphatic hydroxyl groups excluding tert-OH is 2. The molecule has 12 heteroatoms. The summed E-state index contributed by atoms with van der Waals surface area (Å²) in [5.41, 5.74) is 2.75. The number of rotatable bonds is 5. The second-order valence-corrected chi connectivity index (χ2v) is 12.1. The Bertz CT molecular complexity index is 1410. The summed E-state index contributed by atoms with van der Waals surface area (Å²) in [6.07, 6.45) is 2.21. The van der Waals surface area contributed by atoms with Crippen LogP contribution < -0.4 is 5.73 Å². The number of primary amides is 1. The number of carbonyl (C=O) groups excluding carboxylic acids is 3. The van der Waals surface area contributed by atoms with Crippen molar-refractivity contribution in [3.05, 3.63) is 55.4 Å². The Balaban J connectivity index is 1.66. The number of carbonyl (C=O) groups is 3. The quantitative estimate of drug-likeness (QED) is 0.305. The van der Waals surface area contributed by atoms with E-state index in [1.165, 1.54) is 11.0 Å². The Hall–Kier alpha value is -3.28. The highest BCUT2D eigenvalue weighted by Crippen LogP contribution is 2.54. The maximum atomic E-state index is 13.9. The maximum absolute atomic E-state index is 13.9. The highest BCUT2D eigenvalue weighted by Gasteiger charge is 2.65. The number of halogens is 1. The van der Waals surface area contributed by atoms with Gasteiger partial charge in [0.25, 0.3) is 5.91 Å². The summed E-state index contributed by atoms with van der Waals surface area (Å²) in [7, 11) is 3.15. The lowest BCUT2D eigenvalue weighted by molar-refractivity contribution is -0.129. The molecule has 2 unspecified atom stereocenters. The van der Waals surface area contributed by atoms with Crippen LogP contribution in [-0.2, 0) is 22.6 Å². The molecule has 1 aliphatic heterocycles. The lowest BCUT2D eigenvalue weighted by Gasteiger charge is -2.49. The van der Waals surface area contributed by atoms with Gasteiger partial charge in [0, 0.05) is 35.1 Å². The number of likely N-dealkylation sites (N-methyl/N-ethyl adjacent to an activating group) is 1. The molecule has 40 heavy (non-hydrogen) atoms. The molecule has 11 nitrogen and oxygen atoms in total. The van der Waals surface area contributed by atoms with Gasteiger partial charge in [0.1, 0.15) is 22.8 Å². The molecular weight excluding hydrogens is 540 g/mol. The summed E-state index contributed by atoms with van der Waals surface area (Å²) >= 11 is 6.88. The van der Waals surface area contributed by atoms with E-state index in [1.807, 2.05) is 0 Å². The molecule has 0 aromatic heterocycles. The fraction of sp³-hybridized carbons (Fsp3) is 0.536. The zero-order valence-electron chi connectivity index (χ0n) is 22.8. The number of aliphatic hydroxyl groups is 2. The van der Waals surface area contributed by atoms with E-state index in [0.29, 0.717) is 34.8 Å². The molecule has 1 aromatic rings. The van der Waals surface area contributed by atoms with Crippen molar-refractivity contribution < 1.29 is 29.7 Å². The van der Waals surface area contributed by atoms with Gasteiger partial charge in [0.05, 0.1) is 11.6 Å². The van der Waals surface area contributed by atoms with Crippen LogP contribution in [0.2, 0.25) is 5.02 Å². The van der Waals surface area contributed by atoms with Crippen molar-refractivity contribution in [2.45, 2.75) is 69.7 Å². The molecule has 1 aromatic carbocycles. The topological polar surface area (TPSA) is 174 Å². The third-order valence-corrected chi connectivity index (χ3v) is 9.83. The first-order valence-corrected chi connectivity index (χ1v) is 13.7. The first kappa shape index (κ1) is 28.3. The van der Waals surface area contributed by atoms with Crippen molar-refractivity contribution in [3.8, 4) is 5.75 Å². The van der Waals surface area contributed by atoms with E-state index < -0.39 is 58.0 Å². The minimum absolute atomic E-state index is 0.0114. The molecule has 4 aliphatic rings. The number of nitrogens with zero attached hydrogens (tertiary/aromatic N) is 3. The molecule has 6 atom stereocenters. The highest BCUT2D eigenvalue weighted by molar-refractivity contribution is 6.33. The molecule has 3 aliphatic carbocycles. The molecule has 0 saturated carbocycles. The molecule has 214 valence electrons. The van der Waals surface area contributed by atoms with Gasteiger partial charge in [-0.05, 0) is 81.9 Å². The van der Waals surface area contributed by atoms with Gasteiger partial charge in [-0.2, -0.15) is 0 Å². The number of phenols is 1. The van der Waals surface area contributed by atoms with E-state index in [-0.39, 0.29) is 29.7 Å². The van der Waals surface area contributed by atoms with Gasteiger partial charge in [-0.3, -0.25) is 24.2 Å². The third-order valence-electron chi connectivity index (χ3n) is 9.36. The number of likely N-dealkylation sites (tertiary alicyclic amines) is 1. The average Bonchev–Trinajstić information content (AvgIpc) is 3.18. The van der Waals surface area contributed by atoms with Crippen LogP contribution in [0.3, 0.4) is 0 Å². The van der Waals surface area contributed by atoms with E-state index >= 15 is 0 Å². The number of phenolic OH excluding ortho intramolecular Hbond substituents is 1. The predicted molar refractivity (Wildman–Crippen MR) is 146 cm³/mol. The summed E-state index contributed by atoms with van der Waals surface area (Å²) in [5.74, 6) is -6.94. The van der Waals surface area contributed by atoms with Gasteiger partial charge < -0.3 is 21.1 Å². The lowest BCUT2D eigenvalue weighted by atomic mass is 9.57. The zero-order valence-corrected chi connectivity index (χ0v) is 23.5. The van der Waals surface area contributed by atoms with Crippen LogP contribution in [-0.4, -0.2) is 80.4 Å². The zero-order chi connectivity index (χ0) is 29.4. The molecule has 1 amide bonds. The standard InChI is InChI=1S/C28H33ClN4O7/c1-11-5-6-12(2)33(11)10-14-9-17(34)19-15(21(14)29)7-13-8-16-22(32(3)4)24(36)20(27(30)39)26(38)28(16,31-40)25(37)18(13)23(19)35/h9,11-13,16,22,34,36-37H,5-8,10H2,1-4H3,(H2,30,39)/t11?,12?,13-,16-,22-,28-/m0/s1. The molecule has 1 heterocycles. The van der Waals surface area contributed by atoms with Gasteiger partial charge in [0.15, 0.2) is 5.78 Å². The Morgan fingerprint density at radius 3 is 2.38 bits per heavy atom. The van der Waals surface area contributed by atoms with E-state index in [1.54, 1.807) is 14.1 Å². The number of fused-ring (bicyclic) bond motifs is 3. The van der Waals surface area contributed by atoms with E-state index in [2.05, 4.69) is 23.9 Å². The highest BCUT2D eigenvalue weighted by atomic mass is 35.5. The minimum Gasteiger partial charge on any atom is -0.510 e. The second kappa shape index (κ2) is 9.67. The number of hydrogen-bond acceptors (Lipinski definition) is 10. The van der Waals surface area contributed by atoms with Gasteiger partial charge >= 0.3 is 0 Å². The van der Waals surface area contributed by atoms with Crippen molar-refractivity contribution in [1.82, 2.24) is 9.80 Å². The van der Waals surface area contributed by atoms with E-state index in [4.69, 9.17) is 17.3 Å². The number of benzene rings is 1. The maximum Gasteiger partial charge on any atom is 0.255 e. The van der Waals surface area contributed by atoms with Crippen LogP contribution in [0.4, 0.5) is 0 Å². The number of nitrogens with two attached hydrogens (primary N) is 1. The fourth-order valence-electron chi connectivity index (χ4n) is 7.38. The van der Waals surface area contributed by atoms with E-state index in [0.717, 1.165) is 12.8 Å². The molecule has 5 rings (SSSR count). The van der Waals surface area contributed by atoms with Crippen LogP contribution in [0, 0.1) is 16.7 Å². The van der Waals surface area contributed by atoms with Crippen LogP contribution in [0.15, 0.2) is 33.9 Å². The van der Waals surface area contributed by atoms with Gasteiger partial charge in [0.2, 0.25) is 11.3 Å². The molecule has 1 saturated heterocycles. The van der Waals surface area contributed by atoms with Crippen molar-refractivity contribution in [2.24, 2.45) is 22.7 Å². The minimum atomic E-state index is -2.55. The Morgan fingerprint density at radius 1 is 1.20 bits per heavy atom. The summed E-state index contributed by atoms with van der Waals surface area (Å²) < 4.78 is 0. The second-order valence-electron chi connectivity index (χ2n) is 11.7. The molecule has 0 radical (unpaired) electrons. The average molecular weight is 573 g/mol. The van der Waals surface area contributed by atoms with Crippen LogP contribution >= 0.6 is 11.6 Å². The van der Waals surface area contributed by atoms with Crippen LogP contribution in [0.5, 0.6) is 5.75 Å². The summed E-state index contributed by atoms with van der Waals surface area (Å²) in [6.45, 7) is 4.75. The van der Waals surface area contributed by atoms with Crippen LogP contribution in [0.25, 0.3) is 0 Å². The number of allylic oxidation sites excluding steroid dienone is 1. The monoisotopic (exact) mass is 572 g/mol. The summed E-state index contributed by atoms with van der Waals surface area (Å²) in [4.78, 5) is 55.8. The van der Waals surface area contributed by atoms with Crippen LogP contribution in [0.1, 0.15) is 54.6 Å². The molecule has 0 bridgehead atoms.